The van der Waals surface area contributed by atoms with E-state index >= 15 is 0 Å². The molecule has 0 amide bonds. The lowest BCUT2D eigenvalue weighted by Crippen LogP contribution is -2.17. The fraction of sp³-hybridized carbons (Fsp3) is 0.417. The molecule has 0 saturated heterocycles. The maximum absolute atomic E-state index is 11.1. The van der Waals surface area contributed by atoms with Crippen molar-refractivity contribution in [2.24, 2.45) is 5.92 Å². The van der Waals surface area contributed by atoms with Crippen molar-refractivity contribution < 1.29 is 9.90 Å². The minimum atomic E-state index is -0.736. The van der Waals surface area contributed by atoms with Crippen molar-refractivity contribution in [2.45, 2.75) is 26.7 Å². The van der Waals surface area contributed by atoms with Crippen LogP contribution in [-0.4, -0.2) is 11.1 Å². The number of carboxylic acid groups (broad SMARTS) is 1. The highest BCUT2D eigenvalue weighted by atomic mass is 127. The molecule has 3 nitrogen and oxygen atoms in total. The average Bonchev–Trinajstić information content (AvgIpc) is 2.26. The number of halogens is 2. The van der Waals surface area contributed by atoms with Gasteiger partial charge in [-0.3, -0.25) is 4.79 Å². The first kappa shape index (κ1) is 15.0. The molecule has 0 aliphatic carbocycles. The van der Waals surface area contributed by atoms with Crippen LogP contribution in [0.1, 0.15) is 24.5 Å². The number of carbonyl (C=O) groups is 1. The molecule has 3 N–H and O–H groups in total. The number of nitrogens with two attached hydrogens (primary N) is 1. The Morgan fingerprint density at radius 3 is 2.59 bits per heavy atom. The van der Waals surface area contributed by atoms with Crippen LogP contribution in [-0.2, 0) is 11.2 Å². The van der Waals surface area contributed by atoms with Gasteiger partial charge in [-0.1, -0.05) is 6.92 Å². The smallest absolute Gasteiger partial charge is 0.306 e. The minimum Gasteiger partial charge on any atom is -0.481 e. The van der Waals surface area contributed by atoms with Gasteiger partial charge >= 0.3 is 5.97 Å². The summed E-state index contributed by atoms with van der Waals surface area (Å²) in [5.41, 5.74) is 8.92. The van der Waals surface area contributed by atoms with Gasteiger partial charge in [-0.05, 0) is 82.1 Å². The fourth-order valence-electron chi connectivity index (χ4n) is 1.70. The van der Waals surface area contributed by atoms with E-state index in [1.54, 1.807) is 0 Å². The van der Waals surface area contributed by atoms with Crippen molar-refractivity contribution in [3.8, 4) is 0 Å². The Labute approximate surface area is 128 Å². The number of rotatable bonds is 4. The quantitative estimate of drug-likeness (QED) is 0.536. The predicted octanol–water partition coefficient (Wildman–Crippen LogP) is 3.44. The number of carboxylic acids is 1. The van der Waals surface area contributed by atoms with Gasteiger partial charge in [0.1, 0.15) is 0 Å². The first-order chi connectivity index (χ1) is 7.88. The van der Waals surface area contributed by atoms with Crippen LogP contribution in [0.5, 0.6) is 0 Å². The molecule has 0 fully saturated rings. The number of nitrogen functional groups attached to an aromatic ring is 1. The number of aryl methyl sites for hydroxylation is 1. The van der Waals surface area contributed by atoms with Crippen molar-refractivity contribution in [1.82, 2.24) is 0 Å². The molecule has 0 bridgehead atoms. The molecule has 1 aromatic rings. The van der Waals surface area contributed by atoms with E-state index in [1.807, 2.05) is 19.9 Å². The van der Waals surface area contributed by atoms with Crippen molar-refractivity contribution >= 4 is 56.8 Å². The lowest BCUT2D eigenvalue weighted by molar-refractivity contribution is -0.141. The fourth-order valence-corrected chi connectivity index (χ4v) is 3.89. The molecule has 1 atom stereocenters. The van der Waals surface area contributed by atoms with E-state index in [-0.39, 0.29) is 5.92 Å². The van der Waals surface area contributed by atoms with Crippen LogP contribution >= 0.6 is 45.2 Å². The molecular weight excluding hydrogens is 444 g/mol. The van der Waals surface area contributed by atoms with Crippen molar-refractivity contribution in [3.05, 3.63) is 24.3 Å². The number of hydrogen-bond acceptors (Lipinski definition) is 2. The monoisotopic (exact) mass is 459 g/mol. The Morgan fingerprint density at radius 1 is 1.53 bits per heavy atom. The Kier molecular flexibility index (Phi) is 5.49. The molecular formula is C12H15I2NO2. The van der Waals surface area contributed by atoms with Gasteiger partial charge < -0.3 is 10.8 Å². The Morgan fingerprint density at radius 2 is 2.12 bits per heavy atom. The zero-order valence-electron chi connectivity index (χ0n) is 9.76. The zero-order chi connectivity index (χ0) is 13.2. The Hall–Kier alpha value is -0.0500. The number of aliphatic carboxylic acids is 1. The molecule has 0 aromatic heterocycles. The largest absolute Gasteiger partial charge is 0.481 e. The SMILES string of the molecule is CCC(Cc1c(C)cc(I)c(N)c1I)C(=O)O. The summed E-state index contributed by atoms with van der Waals surface area (Å²) >= 11 is 4.41. The first-order valence-corrected chi connectivity index (χ1v) is 7.50. The van der Waals surface area contributed by atoms with E-state index in [0.717, 1.165) is 24.0 Å². The van der Waals surface area contributed by atoms with Gasteiger partial charge in [-0.25, -0.2) is 0 Å². The minimum absolute atomic E-state index is 0.332. The second-order valence-corrected chi connectivity index (χ2v) is 6.27. The molecule has 0 saturated carbocycles. The van der Waals surface area contributed by atoms with Gasteiger partial charge in [0, 0.05) is 7.14 Å². The molecule has 1 unspecified atom stereocenters. The van der Waals surface area contributed by atoms with Crippen LogP contribution in [0.2, 0.25) is 0 Å². The summed E-state index contributed by atoms with van der Waals surface area (Å²) in [5.74, 6) is -1.07. The molecule has 0 heterocycles. The summed E-state index contributed by atoms with van der Waals surface area (Å²) in [6.45, 7) is 3.91. The van der Waals surface area contributed by atoms with Crippen LogP contribution < -0.4 is 5.73 Å². The van der Waals surface area contributed by atoms with E-state index in [2.05, 4.69) is 45.2 Å². The number of anilines is 1. The van der Waals surface area contributed by atoms with E-state index in [0.29, 0.717) is 12.8 Å². The van der Waals surface area contributed by atoms with Gasteiger partial charge in [0.2, 0.25) is 0 Å². The number of hydrogen-bond donors (Lipinski definition) is 2. The van der Waals surface area contributed by atoms with Crippen LogP contribution in [0.4, 0.5) is 5.69 Å². The maximum atomic E-state index is 11.1. The maximum Gasteiger partial charge on any atom is 0.306 e. The summed E-state index contributed by atoms with van der Waals surface area (Å²) in [5, 5.41) is 9.11. The zero-order valence-corrected chi connectivity index (χ0v) is 14.1. The molecule has 0 aliphatic heterocycles. The van der Waals surface area contributed by atoms with E-state index < -0.39 is 5.97 Å². The van der Waals surface area contributed by atoms with E-state index in [4.69, 9.17) is 10.8 Å². The molecule has 1 rings (SSSR count). The van der Waals surface area contributed by atoms with Crippen molar-refractivity contribution in [2.75, 3.05) is 5.73 Å². The van der Waals surface area contributed by atoms with Gasteiger partial charge in [0.25, 0.3) is 0 Å². The summed E-state index contributed by atoms with van der Waals surface area (Å²) in [6.07, 6.45) is 1.19. The normalized spacial score (nSPS) is 12.5. The molecule has 0 aliphatic rings. The van der Waals surface area contributed by atoms with Gasteiger partial charge in [0.15, 0.2) is 0 Å². The topological polar surface area (TPSA) is 63.3 Å². The van der Waals surface area contributed by atoms with E-state index in [1.165, 1.54) is 0 Å². The Balaban J connectivity index is 3.14. The third-order valence-corrected chi connectivity index (χ3v) is 5.00. The van der Waals surface area contributed by atoms with Gasteiger partial charge in [-0.15, -0.1) is 0 Å². The lowest BCUT2D eigenvalue weighted by atomic mass is 9.94. The summed E-state index contributed by atoms with van der Waals surface area (Å²) < 4.78 is 2.02. The van der Waals surface area contributed by atoms with Crippen LogP contribution in [0, 0.1) is 20.0 Å². The summed E-state index contributed by atoms with van der Waals surface area (Å²) in [6, 6.07) is 2.02. The van der Waals surface area contributed by atoms with Crippen LogP contribution in [0.15, 0.2) is 6.07 Å². The highest BCUT2D eigenvalue weighted by molar-refractivity contribution is 14.1. The highest BCUT2D eigenvalue weighted by Crippen LogP contribution is 2.30. The first-order valence-electron chi connectivity index (χ1n) is 5.34. The van der Waals surface area contributed by atoms with Crippen molar-refractivity contribution in [3.63, 3.8) is 0 Å². The van der Waals surface area contributed by atoms with Crippen LogP contribution in [0.25, 0.3) is 0 Å². The second kappa shape index (κ2) is 6.21. The molecule has 5 heteroatoms. The third-order valence-electron chi connectivity index (χ3n) is 2.87. The molecule has 94 valence electrons. The average molecular weight is 459 g/mol. The predicted molar refractivity (Wildman–Crippen MR) is 86.1 cm³/mol. The molecule has 0 radical (unpaired) electrons. The van der Waals surface area contributed by atoms with Crippen molar-refractivity contribution in [1.29, 1.82) is 0 Å². The van der Waals surface area contributed by atoms with Crippen LogP contribution in [0.3, 0.4) is 0 Å². The highest BCUT2D eigenvalue weighted by Gasteiger charge is 2.20. The Bertz CT molecular complexity index is 447. The number of benzene rings is 1. The summed E-state index contributed by atoms with van der Waals surface area (Å²) in [7, 11) is 0. The summed E-state index contributed by atoms with van der Waals surface area (Å²) in [4.78, 5) is 11.1. The van der Waals surface area contributed by atoms with Gasteiger partial charge in [0.05, 0.1) is 11.6 Å². The van der Waals surface area contributed by atoms with E-state index in [9.17, 15) is 4.79 Å². The molecule has 0 spiro atoms. The molecule has 1 aromatic carbocycles. The lowest BCUT2D eigenvalue weighted by Gasteiger charge is -2.16. The third kappa shape index (κ3) is 3.46. The standard InChI is InChI=1S/C12H15I2NO2/c1-3-7(12(16)17)5-8-6(2)4-9(13)11(15)10(8)14/h4,7H,3,5,15H2,1-2H3,(H,16,17). The van der Waals surface area contributed by atoms with Gasteiger partial charge in [-0.2, -0.15) is 0 Å². The second-order valence-electron chi connectivity index (χ2n) is 4.03. The molecule has 17 heavy (non-hydrogen) atoms.